The van der Waals surface area contributed by atoms with Crippen molar-refractivity contribution in [3.05, 3.63) is 18.0 Å². The molecule has 3 heteroatoms. The average molecular weight is 263 g/mol. The van der Waals surface area contributed by atoms with E-state index in [-0.39, 0.29) is 11.0 Å². The van der Waals surface area contributed by atoms with E-state index in [0.717, 1.165) is 30.0 Å². The second-order valence-corrected chi connectivity index (χ2v) is 7.27. The van der Waals surface area contributed by atoms with Gasteiger partial charge in [0, 0.05) is 17.7 Å². The molecule has 19 heavy (non-hydrogen) atoms. The predicted octanol–water partition coefficient (Wildman–Crippen LogP) is 4.10. The van der Waals surface area contributed by atoms with Gasteiger partial charge in [0.2, 0.25) is 0 Å². The first kappa shape index (κ1) is 14.2. The van der Waals surface area contributed by atoms with Crippen molar-refractivity contribution in [1.82, 2.24) is 4.98 Å². The molecule has 0 aromatic carbocycles. The number of pyridine rings is 1. The van der Waals surface area contributed by atoms with Crippen LogP contribution >= 0.6 is 0 Å². The number of ether oxygens (including phenoxy) is 2. The molecule has 0 unspecified atom stereocenters. The van der Waals surface area contributed by atoms with E-state index in [1.54, 1.807) is 6.20 Å². The van der Waals surface area contributed by atoms with Crippen molar-refractivity contribution in [2.75, 3.05) is 0 Å². The molecule has 1 aromatic heterocycles. The lowest BCUT2D eigenvalue weighted by Gasteiger charge is -2.27. The minimum absolute atomic E-state index is 0.0541. The van der Waals surface area contributed by atoms with Crippen molar-refractivity contribution in [1.29, 1.82) is 0 Å². The van der Waals surface area contributed by atoms with E-state index in [1.165, 1.54) is 0 Å². The molecule has 2 rings (SSSR count). The quantitative estimate of drug-likeness (QED) is 0.822. The molecule has 0 bridgehead atoms. The van der Waals surface area contributed by atoms with E-state index < -0.39 is 0 Å². The first-order valence-electron chi connectivity index (χ1n) is 7.02. The van der Waals surface area contributed by atoms with Crippen LogP contribution in [0.15, 0.2) is 12.3 Å². The van der Waals surface area contributed by atoms with Gasteiger partial charge >= 0.3 is 0 Å². The maximum absolute atomic E-state index is 6.07. The fraction of sp³-hybridized carbons (Fsp3) is 0.688. The highest BCUT2D eigenvalue weighted by Gasteiger charge is 2.31. The Labute approximate surface area is 116 Å². The van der Waals surface area contributed by atoms with Crippen LogP contribution in [0.3, 0.4) is 0 Å². The summed E-state index contributed by atoms with van der Waals surface area (Å²) in [5.41, 5.74) is 0.681. The van der Waals surface area contributed by atoms with Gasteiger partial charge in [0.25, 0.3) is 0 Å². The van der Waals surface area contributed by atoms with E-state index in [2.05, 4.69) is 25.8 Å². The molecule has 1 aromatic rings. The minimum atomic E-state index is -0.238. The van der Waals surface area contributed by atoms with Crippen LogP contribution < -0.4 is 9.47 Å². The molecule has 3 nitrogen and oxygen atoms in total. The Morgan fingerprint density at radius 1 is 1.11 bits per heavy atom. The summed E-state index contributed by atoms with van der Waals surface area (Å²) in [7, 11) is 0. The van der Waals surface area contributed by atoms with E-state index in [1.807, 2.05) is 26.8 Å². The number of nitrogens with zero attached hydrogens (tertiary/aromatic N) is 1. The summed E-state index contributed by atoms with van der Waals surface area (Å²) in [6.45, 7) is 12.6. The van der Waals surface area contributed by atoms with Crippen LogP contribution in [0.2, 0.25) is 0 Å². The molecule has 0 aliphatic heterocycles. The third-order valence-electron chi connectivity index (χ3n) is 2.80. The summed E-state index contributed by atoms with van der Waals surface area (Å²) in [4.78, 5) is 4.52. The Kier molecular flexibility index (Phi) is 3.50. The number of hydrogen-bond donors (Lipinski definition) is 0. The van der Waals surface area contributed by atoms with Gasteiger partial charge in [-0.15, -0.1) is 0 Å². The van der Waals surface area contributed by atoms with Gasteiger partial charge in [-0.2, -0.15) is 0 Å². The molecule has 1 aliphatic carbocycles. The molecule has 0 N–H and O–H groups in total. The van der Waals surface area contributed by atoms with E-state index in [4.69, 9.17) is 9.47 Å². The molecule has 0 atom stereocenters. The SMILES string of the molecule is CC(C)(C)Oc1ccnc(C(C)(C)C)c1OC1CC1. The van der Waals surface area contributed by atoms with Gasteiger partial charge in [0.1, 0.15) is 5.60 Å². The van der Waals surface area contributed by atoms with Crippen LogP contribution in [-0.4, -0.2) is 16.7 Å². The molecule has 1 heterocycles. The topological polar surface area (TPSA) is 31.4 Å². The molecule has 106 valence electrons. The summed E-state index contributed by atoms with van der Waals surface area (Å²) < 4.78 is 12.1. The fourth-order valence-electron chi connectivity index (χ4n) is 1.84. The second-order valence-electron chi connectivity index (χ2n) is 7.27. The van der Waals surface area contributed by atoms with Crippen molar-refractivity contribution >= 4 is 0 Å². The highest BCUT2D eigenvalue weighted by atomic mass is 16.5. The standard InChI is InChI=1S/C16H25NO2/c1-15(2,3)14-13(18-11-7-8-11)12(9-10-17-14)19-16(4,5)6/h9-11H,7-8H2,1-6H3. The van der Waals surface area contributed by atoms with E-state index in [9.17, 15) is 0 Å². The summed E-state index contributed by atoms with van der Waals surface area (Å²) in [6, 6.07) is 1.90. The first-order chi connectivity index (χ1) is 8.67. The van der Waals surface area contributed by atoms with Crippen LogP contribution in [0.4, 0.5) is 0 Å². The van der Waals surface area contributed by atoms with E-state index >= 15 is 0 Å². The highest BCUT2D eigenvalue weighted by Crippen LogP contribution is 2.41. The maximum Gasteiger partial charge on any atom is 0.183 e. The Morgan fingerprint density at radius 2 is 1.74 bits per heavy atom. The molecule has 1 saturated carbocycles. The average Bonchev–Trinajstić information content (AvgIpc) is 3.00. The highest BCUT2D eigenvalue weighted by molar-refractivity contribution is 5.46. The van der Waals surface area contributed by atoms with Gasteiger partial charge in [0.15, 0.2) is 11.5 Å². The van der Waals surface area contributed by atoms with Gasteiger partial charge in [-0.25, -0.2) is 0 Å². The van der Waals surface area contributed by atoms with Gasteiger partial charge in [0.05, 0.1) is 11.8 Å². The lowest BCUT2D eigenvalue weighted by atomic mass is 9.90. The van der Waals surface area contributed by atoms with Gasteiger partial charge in [-0.3, -0.25) is 4.98 Å². The summed E-state index contributed by atoms with van der Waals surface area (Å²) in [5.74, 6) is 1.63. The molecule has 1 aliphatic rings. The van der Waals surface area contributed by atoms with Gasteiger partial charge in [-0.05, 0) is 33.6 Å². The van der Waals surface area contributed by atoms with Crippen LogP contribution in [0.5, 0.6) is 11.5 Å². The molecule has 0 radical (unpaired) electrons. The predicted molar refractivity (Wildman–Crippen MR) is 77.0 cm³/mol. The number of rotatable bonds is 3. The van der Waals surface area contributed by atoms with Crippen LogP contribution in [0, 0.1) is 0 Å². The third kappa shape index (κ3) is 3.85. The maximum atomic E-state index is 6.07. The lowest BCUT2D eigenvalue weighted by Crippen LogP contribution is -2.25. The number of aromatic nitrogens is 1. The normalized spacial score (nSPS) is 16.3. The molecular formula is C16H25NO2. The molecule has 1 fully saturated rings. The fourth-order valence-corrected chi connectivity index (χ4v) is 1.84. The largest absolute Gasteiger partial charge is 0.485 e. The number of hydrogen-bond acceptors (Lipinski definition) is 3. The molecular weight excluding hydrogens is 238 g/mol. The van der Waals surface area contributed by atoms with Crippen molar-refractivity contribution in [2.45, 2.75) is 71.5 Å². The summed E-state index contributed by atoms with van der Waals surface area (Å²) in [5, 5.41) is 0. The Balaban J connectivity index is 2.40. The van der Waals surface area contributed by atoms with Crippen LogP contribution in [0.1, 0.15) is 60.1 Å². The van der Waals surface area contributed by atoms with Crippen molar-refractivity contribution < 1.29 is 9.47 Å². The summed E-state index contributed by atoms with van der Waals surface area (Å²) in [6.07, 6.45) is 4.41. The zero-order chi connectivity index (χ0) is 14.3. The zero-order valence-electron chi connectivity index (χ0n) is 12.9. The van der Waals surface area contributed by atoms with Crippen molar-refractivity contribution in [2.24, 2.45) is 0 Å². The third-order valence-corrected chi connectivity index (χ3v) is 2.80. The van der Waals surface area contributed by atoms with Crippen LogP contribution in [0.25, 0.3) is 0 Å². The minimum Gasteiger partial charge on any atom is -0.485 e. The smallest absolute Gasteiger partial charge is 0.183 e. The van der Waals surface area contributed by atoms with Crippen molar-refractivity contribution in [3.8, 4) is 11.5 Å². The van der Waals surface area contributed by atoms with E-state index in [0.29, 0.717) is 6.10 Å². The first-order valence-corrected chi connectivity index (χ1v) is 7.02. The van der Waals surface area contributed by atoms with Gasteiger partial charge in [-0.1, -0.05) is 20.8 Å². The summed E-state index contributed by atoms with van der Waals surface area (Å²) >= 11 is 0. The monoisotopic (exact) mass is 263 g/mol. The Hall–Kier alpha value is -1.25. The van der Waals surface area contributed by atoms with Crippen LogP contribution in [-0.2, 0) is 5.41 Å². The lowest BCUT2D eigenvalue weighted by molar-refractivity contribution is 0.121. The second kappa shape index (κ2) is 4.69. The van der Waals surface area contributed by atoms with Crippen molar-refractivity contribution in [3.63, 3.8) is 0 Å². The molecule has 0 spiro atoms. The molecule has 0 saturated heterocycles. The Bertz CT molecular complexity index is 451. The zero-order valence-corrected chi connectivity index (χ0v) is 12.9. The Morgan fingerprint density at radius 3 is 2.21 bits per heavy atom. The van der Waals surface area contributed by atoms with Gasteiger partial charge < -0.3 is 9.47 Å². The molecule has 0 amide bonds.